The van der Waals surface area contributed by atoms with Gasteiger partial charge in [0.05, 0.1) is 5.52 Å². The number of nitrogens with zero attached hydrogens (tertiary/aromatic N) is 3. The summed E-state index contributed by atoms with van der Waals surface area (Å²) in [6.45, 7) is 0. The van der Waals surface area contributed by atoms with Crippen LogP contribution in [0.3, 0.4) is 0 Å². The van der Waals surface area contributed by atoms with Crippen molar-refractivity contribution in [1.29, 1.82) is 0 Å². The second-order valence-corrected chi connectivity index (χ2v) is 5.96. The van der Waals surface area contributed by atoms with E-state index in [0.717, 1.165) is 38.3 Å². The number of nitrogens with one attached hydrogen (secondary N) is 1. The molecule has 0 amide bonds. The van der Waals surface area contributed by atoms with Crippen molar-refractivity contribution in [3.8, 4) is 0 Å². The molecule has 0 bridgehead atoms. The summed E-state index contributed by atoms with van der Waals surface area (Å²) < 4.78 is 2.04. The molecule has 0 saturated heterocycles. The molecule has 3 heterocycles. The lowest BCUT2D eigenvalue weighted by molar-refractivity contribution is -0.798. The zero-order valence-electron chi connectivity index (χ0n) is 9.81. The highest BCUT2D eigenvalue weighted by molar-refractivity contribution is 9.09. The van der Waals surface area contributed by atoms with Crippen molar-refractivity contribution in [2.45, 2.75) is 11.2 Å². The van der Waals surface area contributed by atoms with Crippen molar-refractivity contribution >= 4 is 49.8 Å². The first-order valence-corrected chi connectivity index (χ1v) is 7.86. The summed E-state index contributed by atoms with van der Waals surface area (Å²) in [4.78, 5) is 8.01. The summed E-state index contributed by atoms with van der Waals surface area (Å²) in [5.41, 5.74) is 2.94. The minimum absolute atomic E-state index is 0. The smallest absolute Gasteiger partial charge is 0.382 e. The molecule has 1 aliphatic rings. The second-order valence-electron chi connectivity index (χ2n) is 4.33. The van der Waals surface area contributed by atoms with Gasteiger partial charge < -0.3 is 22.0 Å². The van der Waals surface area contributed by atoms with Crippen LogP contribution >= 0.6 is 27.7 Å². The van der Waals surface area contributed by atoms with Crippen molar-refractivity contribution in [2.75, 3.05) is 11.1 Å². The number of aromatic amines is 1. The Hall–Kier alpha value is -0.660. The number of hydrogen-bond donors (Lipinski definition) is 1. The Morgan fingerprint density at radius 1 is 1.42 bits per heavy atom. The predicted molar refractivity (Wildman–Crippen MR) is 75.1 cm³/mol. The fourth-order valence-corrected chi connectivity index (χ4v) is 4.16. The minimum Gasteiger partial charge on any atom is -1.00 e. The summed E-state index contributed by atoms with van der Waals surface area (Å²) in [7, 11) is 0. The first-order valence-electron chi connectivity index (χ1n) is 5.76. The fourth-order valence-electron chi connectivity index (χ4n) is 2.28. The van der Waals surface area contributed by atoms with Crippen LogP contribution < -0.4 is 21.7 Å². The van der Waals surface area contributed by atoms with Gasteiger partial charge in [-0.1, -0.05) is 39.2 Å². The van der Waals surface area contributed by atoms with Gasteiger partial charge in [-0.15, -0.1) is 4.68 Å². The molecule has 4 rings (SSSR count). The van der Waals surface area contributed by atoms with Crippen molar-refractivity contribution in [3.05, 3.63) is 24.3 Å². The minimum atomic E-state index is 0. The van der Waals surface area contributed by atoms with Crippen LogP contribution in [0.25, 0.3) is 22.1 Å². The van der Waals surface area contributed by atoms with Crippen molar-refractivity contribution < 1.29 is 21.7 Å². The van der Waals surface area contributed by atoms with E-state index in [1.807, 2.05) is 16.8 Å². The molecule has 7 heteroatoms. The monoisotopic (exact) mass is 400 g/mol. The van der Waals surface area contributed by atoms with Crippen LogP contribution in [0.5, 0.6) is 0 Å². The lowest BCUT2D eigenvalue weighted by Crippen LogP contribution is -3.00. The molecule has 0 radical (unpaired) electrons. The summed E-state index contributed by atoms with van der Waals surface area (Å²) in [5, 5.41) is 7.82. The lowest BCUT2D eigenvalue weighted by Gasteiger charge is -2.00. The second kappa shape index (κ2) is 5.03. The number of aromatic nitrogens is 4. The number of thioether (sulfide) groups is 1. The molecule has 2 aromatic heterocycles. The number of benzene rings is 1. The molecular weight excluding hydrogens is 392 g/mol. The molecule has 1 atom stereocenters. The molecule has 1 N–H and O–H groups in total. The highest BCUT2D eigenvalue weighted by atomic mass is 79.9. The molecule has 0 aliphatic carbocycles. The Morgan fingerprint density at radius 3 is 3.11 bits per heavy atom. The molecule has 19 heavy (non-hydrogen) atoms. The maximum atomic E-state index is 4.77. The highest BCUT2D eigenvalue weighted by Crippen LogP contribution is 2.28. The maximum absolute atomic E-state index is 4.77. The zero-order valence-corrected chi connectivity index (χ0v) is 13.8. The molecule has 1 aromatic carbocycles. The van der Waals surface area contributed by atoms with Crippen LogP contribution in [0, 0.1) is 0 Å². The van der Waals surface area contributed by atoms with Gasteiger partial charge in [0.15, 0.2) is 5.52 Å². The molecule has 0 fully saturated rings. The Balaban J connectivity index is 0.00000110. The Labute approximate surface area is 132 Å². The SMILES string of the molecule is BrCC1CSc2nc3[nH]c4ccccc4c3n[n+]21.[Br-]. The third kappa shape index (κ3) is 1.98. The van der Waals surface area contributed by atoms with Gasteiger partial charge in [0.2, 0.25) is 0 Å². The Morgan fingerprint density at radius 2 is 2.26 bits per heavy atom. The molecule has 3 aromatic rings. The third-order valence-corrected chi connectivity index (χ3v) is 5.03. The number of halogens is 2. The average molecular weight is 402 g/mol. The van der Waals surface area contributed by atoms with E-state index in [1.165, 1.54) is 0 Å². The quantitative estimate of drug-likeness (QED) is 0.439. The molecule has 0 saturated carbocycles. The van der Waals surface area contributed by atoms with E-state index in [2.05, 4.69) is 38.0 Å². The van der Waals surface area contributed by atoms with Crippen LogP contribution in [0.4, 0.5) is 0 Å². The number of fused-ring (bicyclic) bond motifs is 4. The fraction of sp³-hybridized carbons (Fsp3) is 0.250. The predicted octanol–water partition coefficient (Wildman–Crippen LogP) is -0.556. The van der Waals surface area contributed by atoms with Crippen molar-refractivity contribution in [2.24, 2.45) is 0 Å². The van der Waals surface area contributed by atoms with E-state index in [-0.39, 0.29) is 17.0 Å². The van der Waals surface area contributed by atoms with Gasteiger partial charge >= 0.3 is 5.16 Å². The summed E-state index contributed by atoms with van der Waals surface area (Å²) >= 11 is 5.31. The van der Waals surface area contributed by atoms with Crippen LogP contribution in [0.1, 0.15) is 6.04 Å². The van der Waals surface area contributed by atoms with Crippen LogP contribution in [0.15, 0.2) is 29.4 Å². The van der Waals surface area contributed by atoms with Crippen LogP contribution in [-0.2, 0) is 0 Å². The van der Waals surface area contributed by atoms with E-state index in [1.54, 1.807) is 11.8 Å². The van der Waals surface area contributed by atoms with Gasteiger partial charge in [-0.2, -0.15) is 0 Å². The normalized spacial score (nSPS) is 17.6. The van der Waals surface area contributed by atoms with E-state index in [4.69, 9.17) is 5.10 Å². The zero-order chi connectivity index (χ0) is 12.1. The summed E-state index contributed by atoms with van der Waals surface area (Å²) in [6.07, 6.45) is 0. The lowest BCUT2D eigenvalue weighted by atomic mass is 10.2. The Bertz CT molecular complexity index is 758. The summed E-state index contributed by atoms with van der Waals surface area (Å²) in [6, 6.07) is 8.60. The molecule has 98 valence electrons. The molecular formula is C12H10Br2N4S. The largest absolute Gasteiger partial charge is 1.00 e. The Kier molecular flexibility index (Phi) is 3.53. The number of alkyl halides is 1. The van der Waals surface area contributed by atoms with Gasteiger partial charge in [-0.3, -0.25) is 0 Å². The average Bonchev–Trinajstić information content (AvgIpc) is 2.96. The maximum Gasteiger partial charge on any atom is 0.382 e. The number of H-pyrrole nitrogens is 1. The number of hydrogen-bond acceptors (Lipinski definition) is 3. The van der Waals surface area contributed by atoms with Crippen LogP contribution in [0.2, 0.25) is 0 Å². The van der Waals surface area contributed by atoms with Gasteiger partial charge in [0.25, 0.3) is 5.65 Å². The topological polar surface area (TPSA) is 45.5 Å². The molecule has 1 aliphatic heterocycles. The standard InChI is InChI=1S/C12H9BrN4S.BrH/c13-5-7-6-18-12-15-11-10(16-17(7)12)8-3-1-2-4-9(8)14-11;/h1-4,7H,5-6H2;1H. The van der Waals surface area contributed by atoms with Crippen LogP contribution in [-0.4, -0.2) is 26.1 Å². The molecule has 4 nitrogen and oxygen atoms in total. The molecule has 0 spiro atoms. The van der Waals surface area contributed by atoms with Gasteiger partial charge in [0, 0.05) is 16.5 Å². The summed E-state index contributed by atoms with van der Waals surface area (Å²) in [5.74, 6) is 1.04. The van der Waals surface area contributed by atoms with Gasteiger partial charge in [-0.25, -0.2) is 0 Å². The van der Waals surface area contributed by atoms with E-state index in [0.29, 0.717) is 6.04 Å². The molecule has 1 unspecified atom stereocenters. The van der Waals surface area contributed by atoms with Crippen molar-refractivity contribution in [1.82, 2.24) is 15.1 Å². The van der Waals surface area contributed by atoms with E-state index >= 15 is 0 Å². The van der Waals surface area contributed by atoms with Crippen molar-refractivity contribution in [3.63, 3.8) is 0 Å². The van der Waals surface area contributed by atoms with E-state index < -0.39 is 0 Å². The van der Waals surface area contributed by atoms with E-state index in [9.17, 15) is 0 Å². The third-order valence-electron chi connectivity index (χ3n) is 3.20. The first-order chi connectivity index (χ1) is 8.86. The highest BCUT2D eigenvalue weighted by Gasteiger charge is 2.33. The first kappa shape index (κ1) is 13.3. The number of para-hydroxylation sites is 1. The number of rotatable bonds is 1. The van der Waals surface area contributed by atoms with Gasteiger partial charge in [0.1, 0.15) is 6.04 Å². The van der Waals surface area contributed by atoms with Gasteiger partial charge in [-0.05, 0) is 22.8 Å².